The lowest BCUT2D eigenvalue weighted by atomic mass is 10.2. The van der Waals surface area contributed by atoms with Crippen LogP contribution in [-0.4, -0.2) is 48.7 Å². The number of aromatic nitrogens is 1. The van der Waals surface area contributed by atoms with E-state index in [1.165, 1.54) is 34.0 Å². The maximum atomic E-state index is 12.3. The van der Waals surface area contributed by atoms with E-state index in [0.29, 0.717) is 23.8 Å². The average Bonchev–Trinajstić information content (AvgIpc) is 2.95. The van der Waals surface area contributed by atoms with Crippen LogP contribution in [0.4, 0.5) is 15.6 Å². The van der Waals surface area contributed by atoms with Gasteiger partial charge in [-0.05, 0) is 24.6 Å². The van der Waals surface area contributed by atoms with Crippen LogP contribution in [0.2, 0.25) is 0 Å². The first-order chi connectivity index (χ1) is 12.3. The van der Waals surface area contributed by atoms with Crippen LogP contribution in [-0.2, 0) is 23.2 Å². The minimum Gasteiger partial charge on any atom is -0.308 e. The monoisotopic (exact) mass is 395 g/mol. The third-order valence-electron chi connectivity index (χ3n) is 3.98. The largest absolute Gasteiger partial charge is 0.325 e. The Kier molecular flexibility index (Phi) is 5.28. The molecule has 2 aromatic rings. The van der Waals surface area contributed by atoms with Crippen LogP contribution in [0.1, 0.15) is 16.1 Å². The Labute approximate surface area is 157 Å². The first-order valence-electron chi connectivity index (χ1n) is 8.06. The number of carbonyl (C=O) groups excluding carboxylic acids is 1. The van der Waals surface area contributed by atoms with Crippen LogP contribution in [0.15, 0.2) is 24.3 Å². The number of nitrogens with zero attached hydrogens (tertiary/aromatic N) is 3. The fourth-order valence-electron chi connectivity index (χ4n) is 2.64. The highest BCUT2D eigenvalue weighted by Crippen LogP contribution is 2.30. The molecular formula is C16H21N5O3S2. The minimum absolute atomic E-state index is 0.273. The molecule has 0 unspecified atom stereocenters. The molecule has 2 amide bonds. The van der Waals surface area contributed by atoms with E-state index >= 15 is 0 Å². The molecule has 2 N–H and O–H groups in total. The average molecular weight is 396 g/mol. The fraction of sp³-hybridized carbons (Fsp3) is 0.375. The quantitative estimate of drug-likeness (QED) is 0.830. The molecule has 1 aliphatic heterocycles. The van der Waals surface area contributed by atoms with Gasteiger partial charge in [-0.1, -0.05) is 23.5 Å². The summed E-state index contributed by atoms with van der Waals surface area (Å²) in [6.07, 6.45) is 0.528. The van der Waals surface area contributed by atoms with Gasteiger partial charge < -0.3 is 5.32 Å². The van der Waals surface area contributed by atoms with Crippen LogP contribution in [0, 0.1) is 6.92 Å². The summed E-state index contributed by atoms with van der Waals surface area (Å²) in [5, 5.41) is 5.95. The van der Waals surface area contributed by atoms with Gasteiger partial charge in [0.2, 0.25) is 0 Å². The number of benzene rings is 1. The van der Waals surface area contributed by atoms with E-state index in [4.69, 9.17) is 0 Å². The van der Waals surface area contributed by atoms with Gasteiger partial charge in [-0.3, -0.25) is 5.32 Å². The summed E-state index contributed by atoms with van der Waals surface area (Å²) in [6.45, 7) is 2.60. The lowest BCUT2D eigenvalue weighted by Crippen LogP contribution is -2.42. The number of fused-ring (bicyclic) bond motifs is 1. The Balaban J connectivity index is 1.67. The Bertz CT molecular complexity index is 924. The Morgan fingerprint density at radius 1 is 1.31 bits per heavy atom. The number of amides is 2. The van der Waals surface area contributed by atoms with Gasteiger partial charge in [0.15, 0.2) is 5.13 Å². The normalized spacial score (nSPS) is 14.9. The number of urea groups is 1. The summed E-state index contributed by atoms with van der Waals surface area (Å²) in [6, 6.07) is 7.12. The van der Waals surface area contributed by atoms with E-state index in [-0.39, 0.29) is 12.6 Å². The van der Waals surface area contributed by atoms with Crippen molar-refractivity contribution in [3.8, 4) is 0 Å². The van der Waals surface area contributed by atoms with Crippen molar-refractivity contribution in [2.45, 2.75) is 19.9 Å². The van der Waals surface area contributed by atoms with Gasteiger partial charge in [0.1, 0.15) is 0 Å². The number of aryl methyl sites for hydroxylation is 1. The second-order valence-electron chi connectivity index (χ2n) is 6.21. The smallest absolute Gasteiger partial charge is 0.308 e. The predicted octanol–water partition coefficient (Wildman–Crippen LogP) is 2.26. The molecule has 1 aromatic heterocycles. The molecule has 0 spiro atoms. The van der Waals surface area contributed by atoms with Crippen LogP contribution < -0.4 is 10.6 Å². The Morgan fingerprint density at radius 3 is 2.77 bits per heavy atom. The number of carbonyl (C=O) groups is 1. The number of thiazole rings is 1. The summed E-state index contributed by atoms with van der Waals surface area (Å²) in [4.78, 5) is 17.4. The van der Waals surface area contributed by atoms with E-state index < -0.39 is 10.2 Å². The standard InChI is InChI=1S/C16H21N5O3S2/c1-11-5-4-6-12(9-11)17-15(22)19-16-18-13-7-8-21(10-14(13)25-16)26(23,24)20(2)3/h4-6,9H,7-8,10H2,1-3H3,(H2,17,18,19,22). The highest BCUT2D eigenvalue weighted by molar-refractivity contribution is 7.86. The fourth-order valence-corrected chi connectivity index (χ4v) is 4.81. The highest BCUT2D eigenvalue weighted by Gasteiger charge is 2.30. The van der Waals surface area contributed by atoms with E-state index in [1.54, 1.807) is 0 Å². The van der Waals surface area contributed by atoms with Crippen LogP contribution in [0.3, 0.4) is 0 Å². The summed E-state index contributed by atoms with van der Waals surface area (Å²) >= 11 is 1.30. The topological polar surface area (TPSA) is 94.6 Å². The van der Waals surface area contributed by atoms with Crippen molar-refractivity contribution < 1.29 is 13.2 Å². The first-order valence-corrected chi connectivity index (χ1v) is 10.3. The van der Waals surface area contributed by atoms with E-state index in [9.17, 15) is 13.2 Å². The molecule has 26 heavy (non-hydrogen) atoms. The van der Waals surface area contributed by atoms with Crippen molar-refractivity contribution >= 4 is 38.4 Å². The molecule has 1 aliphatic rings. The number of hydrogen-bond donors (Lipinski definition) is 2. The Morgan fingerprint density at radius 2 is 2.08 bits per heavy atom. The second kappa shape index (κ2) is 7.31. The molecule has 3 rings (SSSR count). The number of hydrogen-bond acceptors (Lipinski definition) is 5. The summed E-state index contributed by atoms with van der Waals surface area (Å²) < 4.78 is 27.2. The van der Waals surface area contributed by atoms with Crippen molar-refractivity contribution in [1.29, 1.82) is 0 Å². The summed E-state index contributed by atoms with van der Waals surface area (Å²) in [7, 11) is -0.427. The van der Waals surface area contributed by atoms with E-state index in [1.807, 2.05) is 31.2 Å². The summed E-state index contributed by atoms with van der Waals surface area (Å²) in [5.74, 6) is 0. The van der Waals surface area contributed by atoms with E-state index in [2.05, 4.69) is 15.6 Å². The maximum absolute atomic E-state index is 12.3. The molecule has 0 saturated carbocycles. The molecule has 0 aliphatic carbocycles. The van der Waals surface area contributed by atoms with Gasteiger partial charge in [-0.2, -0.15) is 17.0 Å². The van der Waals surface area contributed by atoms with Gasteiger partial charge in [0.25, 0.3) is 10.2 Å². The molecule has 0 radical (unpaired) electrons. The molecule has 0 fully saturated rings. The van der Waals surface area contributed by atoms with Gasteiger partial charge in [-0.15, -0.1) is 0 Å². The lowest BCUT2D eigenvalue weighted by molar-refractivity contribution is 0.262. The zero-order valence-electron chi connectivity index (χ0n) is 14.8. The lowest BCUT2D eigenvalue weighted by Gasteiger charge is -2.27. The van der Waals surface area contributed by atoms with Crippen LogP contribution in [0.5, 0.6) is 0 Å². The minimum atomic E-state index is -3.46. The first kappa shape index (κ1) is 18.8. The molecule has 2 heterocycles. The van der Waals surface area contributed by atoms with Gasteiger partial charge in [0.05, 0.1) is 12.2 Å². The molecule has 1 aromatic carbocycles. The van der Waals surface area contributed by atoms with Crippen LogP contribution in [0.25, 0.3) is 0 Å². The maximum Gasteiger partial charge on any atom is 0.325 e. The molecule has 0 bridgehead atoms. The Hall–Kier alpha value is -2.01. The van der Waals surface area contributed by atoms with Crippen molar-refractivity contribution in [2.24, 2.45) is 0 Å². The predicted molar refractivity (Wildman–Crippen MR) is 103 cm³/mol. The summed E-state index contributed by atoms with van der Waals surface area (Å²) in [5.41, 5.74) is 2.59. The molecule has 140 valence electrons. The van der Waals surface area contributed by atoms with Crippen molar-refractivity contribution in [3.05, 3.63) is 40.4 Å². The van der Waals surface area contributed by atoms with Crippen molar-refractivity contribution in [3.63, 3.8) is 0 Å². The van der Waals surface area contributed by atoms with Gasteiger partial charge >= 0.3 is 6.03 Å². The third kappa shape index (κ3) is 4.04. The van der Waals surface area contributed by atoms with Crippen LogP contribution >= 0.6 is 11.3 Å². The SMILES string of the molecule is Cc1cccc(NC(=O)Nc2nc3c(s2)CN(S(=O)(=O)N(C)C)CC3)c1. The number of nitrogens with one attached hydrogen (secondary N) is 2. The van der Waals surface area contributed by atoms with Gasteiger partial charge in [-0.25, -0.2) is 9.78 Å². The molecular weight excluding hydrogens is 374 g/mol. The molecule has 0 saturated heterocycles. The van der Waals surface area contributed by atoms with Crippen molar-refractivity contribution in [1.82, 2.24) is 13.6 Å². The second-order valence-corrected chi connectivity index (χ2v) is 9.44. The molecule has 8 nitrogen and oxygen atoms in total. The highest BCUT2D eigenvalue weighted by atomic mass is 32.2. The number of anilines is 2. The zero-order chi connectivity index (χ0) is 18.9. The number of rotatable bonds is 4. The zero-order valence-corrected chi connectivity index (χ0v) is 16.4. The molecule has 0 atom stereocenters. The molecule has 10 heteroatoms. The van der Waals surface area contributed by atoms with E-state index in [0.717, 1.165) is 16.1 Å². The third-order valence-corrected chi connectivity index (χ3v) is 6.87. The van der Waals surface area contributed by atoms with Gasteiger partial charge in [0, 0.05) is 37.6 Å². The van der Waals surface area contributed by atoms with Crippen molar-refractivity contribution in [2.75, 3.05) is 31.3 Å².